The first-order valence-corrected chi connectivity index (χ1v) is 14.9. The number of rotatable bonds is 15. The van der Waals surface area contributed by atoms with E-state index < -0.39 is 0 Å². The first kappa shape index (κ1) is 45.6. The molecule has 0 amide bonds. The van der Waals surface area contributed by atoms with E-state index in [0.29, 0.717) is 0 Å². The lowest BCUT2D eigenvalue weighted by Gasteiger charge is -2.32. The molecule has 3 heteroatoms. The highest BCUT2D eigenvalue weighted by atomic mass is 16.4. The second-order valence-electron chi connectivity index (χ2n) is 8.55. The van der Waals surface area contributed by atoms with Crippen LogP contribution in [0.1, 0.15) is 68.2 Å². The van der Waals surface area contributed by atoms with Gasteiger partial charge in [0.1, 0.15) is 0 Å². The summed E-state index contributed by atoms with van der Waals surface area (Å²) in [7, 11) is 4.25. The zero-order valence-electron chi connectivity index (χ0n) is 28.7. The van der Waals surface area contributed by atoms with Gasteiger partial charge in [0.15, 0.2) is 0 Å². The molecule has 0 fully saturated rings. The smallest absolute Gasteiger partial charge is 0.0351 e. The van der Waals surface area contributed by atoms with Gasteiger partial charge in [-0.25, -0.2) is 0 Å². The van der Waals surface area contributed by atoms with Gasteiger partial charge < -0.3 is 15.6 Å². The van der Waals surface area contributed by atoms with Crippen molar-refractivity contribution in [1.29, 1.82) is 0 Å². The summed E-state index contributed by atoms with van der Waals surface area (Å²) in [4.78, 5) is 0. The molecular formula is C39H63NO2. The van der Waals surface area contributed by atoms with Crippen molar-refractivity contribution in [3.8, 4) is 0 Å². The number of aliphatic hydroxyl groups is 1. The first-order valence-electron chi connectivity index (χ1n) is 14.9. The molecule has 2 unspecified atom stereocenters. The molecule has 0 saturated heterocycles. The van der Waals surface area contributed by atoms with Gasteiger partial charge in [0.2, 0.25) is 0 Å². The lowest BCUT2D eigenvalue weighted by atomic mass is 9.71. The molecule has 0 saturated carbocycles. The Balaban J connectivity index is -0.000000942. The molecule has 0 heterocycles. The molecule has 3 N–H and O–H groups in total. The zero-order valence-corrected chi connectivity index (χ0v) is 28.7. The third kappa shape index (κ3) is 22.3. The Labute approximate surface area is 261 Å². The number of nitrogens with two attached hydrogens (primary N) is 1. The molecule has 3 nitrogen and oxygen atoms in total. The predicted molar refractivity (Wildman–Crippen MR) is 193 cm³/mol. The van der Waals surface area contributed by atoms with Crippen LogP contribution in [0.25, 0.3) is 0 Å². The quantitative estimate of drug-likeness (QED) is 0.190. The summed E-state index contributed by atoms with van der Waals surface area (Å²) in [5.41, 5.74) is 11.6. The lowest BCUT2D eigenvalue weighted by Crippen LogP contribution is -2.22. The third-order valence-corrected chi connectivity index (χ3v) is 5.27. The van der Waals surface area contributed by atoms with Gasteiger partial charge in [0, 0.05) is 38.9 Å². The molecule has 0 bridgehead atoms. The summed E-state index contributed by atoms with van der Waals surface area (Å²) in [5, 5.41) is 7.00. The van der Waals surface area contributed by atoms with Crippen LogP contribution in [0.2, 0.25) is 0 Å². The average Bonchev–Trinajstić information content (AvgIpc) is 3.00. The van der Waals surface area contributed by atoms with Crippen molar-refractivity contribution >= 4 is 0 Å². The Kier molecular flexibility index (Phi) is 38.7. The van der Waals surface area contributed by atoms with E-state index in [0.717, 1.165) is 31.2 Å². The number of allylic oxidation sites excluding steroid dienone is 22. The standard InChI is InChI=1S/C34H47N.C2H6O.C2H6.CH4O/c1-9-16-19-25-31(21-13-5)34(32(22-14-6)27-26-28(8)35)33(29(15-7)23-17-10-2)30(20-12-4)24-18-11-3;1-3-2;2*1-2/h10-11,13-27,33-34H,3,7,9,12,35H2,1-2,4-6,8H3;1-2H3;1-2H3;2H,1H3/b17-10-,19-16-,21-13-,22-14-,24-18-,28-26+,29-23+,30-20+,31-25+,32-27+;;;. The van der Waals surface area contributed by atoms with Crippen LogP contribution in [-0.4, -0.2) is 26.4 Å². The molecule has 0 aliphatic heterocycles. The molecule has 0 aliphatic rings. The molecule has 0 aromatic heterocycles. The fraction of sp³-hybridized carbons (Fsp3) is 0.385. The second kappa shape index (κ2) is 35.6. The largest absolute Gasteiger partial charge is 0.402 e. The molecule has 236 valence electrons. The Bertz CT molecular complexity index is 972. The molecule has 0 aliphatic carbocycles. The summed E-state index contributed by atoms with van der Waals surface area (Å²) in [6.07, 6.45) is 37.8. The normalized spacial score (nSPS) is 14.8. The maximum atomic E-state index is 7.00. The van der Waals surface area contributed by atoms with E-state index in [9.17, 15) is 0 Å². The van der Waals surface area contributed by atoms with Gasteiger partial charge in [0.25, 0.3) is 0 Å². The summed E-state index contributed by atoms with van der Waals surface area (Å²) in [6, 6.07) is 0. The summed E-state index contributed by atoms with van der Waals surface area (Å²) in [6.45, 7) is 24.5. The van der Waals surface area contributed by atoms with Crippen molar-refractivity contribution < 1.29 is 9.84 Å². The van der Waals surface area contributed by atoms with E-state index in [2.05, 4.69) is 119 Å². The zero-order chi connectivity index (χ0) is 33.2. The number of hydrogen-bond acceptors (Lipinski definition) is 3. The van der Waals surface area contributed by atoms with Crippen molar-refractivity contribution in [2.24, 2.45) is 17.6 Å². The summed E-state index contributed by atoms with van der Waals surface area (Å²) < 4.78 is 4.25. The maximum Gasteiger partial charge on any atom is 0.0351 e. The van der Waals surface area contributed by atoms with Gasteiger partial charge in [-0.05, 0) is 68.9 Å². The number of aliphatic hydroxyl groups excluding tert-OH is 1. The van der Waals surface area contributed by atoms with Crippen molar-refractivity contribution in [1.82, 2.24) is 0 Å². The fourth-order valence-corrected chi connectivity index (χ4v) is 3.83. The van der Waals surface area contributed by atoms with Crippen LogP contribution in [0.5, 0.6) is 0 Å². The first-order chi connectivity index (χ1) is 20.4. The van der Waals surface area contributed by atoms with Crippen LogP contribution in [0.3, 0.4) is 0 Å². The highest BCUT2D eigenvalue weighted by Crippen LogP contribution is 2.41. The minimum Gasteiger partial charge on any atom is -0.402 e. The SMILES string of the molecule is C=C/C=C\C(=C/CC)C(/C(C=C)=C/C=C\C)C(C(/C=C\C)=C/C=C\CC)C(/C=C\C)=C/C=C(\C)N.CC.CO.COC. The summed E-state index contributed by atoms with van der Waals surface area (Å²) in [5.74, 6) is 0.0625. The highest BCUT2D eigenvalue weighted by Gasteiger charge is 2.30. The second-order valence-corrected chi connectivity index (χ2v) is 8.55. The Hall–Kier alpha value is -3.40. The van der Waals surface area contributed by atoms with E-state index in [1.165, 1.54) is 16.7 Å². The number of methoxy groups -OCH3 is 1. The highest BCUT2D eigenvalue weighted by molar-refractivity contribution is 5.48. The van der Waals surface area contributed by atoms with E-state index in [1.807, 2.05) is 58.1 Å². The molecule has 0 spiro atoms. The lowest BCUT2D eigenvalue weighted by molar-refractivity contribution is 0.277. The van der Waals surface area contributed by atoms with Gasteiger partial charge in [-0.15, -0.1) is 0 Å². The van der Waals surface area contributed by atoms with Crippen molar-refractivity contribution in [2.75, 3.05) is 21.3 Å². The fourth-order valence-electron chi connectivity index (χ4n) is 3.83. The maximum absolute atomic E-state index is 7.00. The van der Waals surface area contributed by atoms with Crippen molar-refractivity contribution in [3.05, 3.63) is 144 Å². The molecule has 42 heavy (non-hydrogen) atoms. The van der Waals surface area contributed by atoms with Gasteiger partial charge in [-0.2, -0.15) is 0 Å². The molecule has 2 atom stereocenters. The van der Waals surface area contributed by atoms with E-state index >= 15 is 0 Å². The number of ether oxygens (including phenoxy) is 1. The monoisotopic (exact) mass is 577 g/mol. The predicted octanol–water partition coefficient (Wildman–Crippen LogP) is 10.7. The van der Waals surface area contributed by atoms with Crippen LogP contribution < -0.4 is 5.73 Å². The van der Waals surface area contributed by atoms with Crippen LogP contribution >= 0.6 is 0 Å². The van der Waals surface area contributed by atoms with E-state index in [-0.39, 0.29) is 11.8 Å². The topological polar surface area (TPSA) is 55.5 Å². The Morgan fingerprint density at radius 2 is 1.21 bits per heavy atom. The molecule has 0 aromatic carbocycles. The van der Waals surface area contributed by atoms with Crippen molar-refractivity contribution in [2.45, 2.75) is 68.2 Å². The third-order valence-electron chi connectivity index (χ3n) is 5.27. The Morgan fingerprint density at radius 1 is 0.714 bits per heavy atom. The molecule has 0 aromatic rings. The van der Waals surface area contributed by atoms with Crippen molar-refractivity contribution in [3.63, 3.8) is 0 Å². The minimum atomic E-state index is 0.0290. The number of hydrogen-bond donors (Lipinski definition) is 2. The van der Waals surface area contributed by atoms with Gasteiger partial charge >= 0.3 is 0 Å². The van der Waals surface area contributed by atoms with Gasteiger partial charge in [-0.1, -0.05) is 138 Å². The van der Waals surface area contributed by atoms with E-state index in [1.54, 1.807) is 14.2 Å². The van der Waals surface area contributed by atoms with Crippen LogP contribution in [0.4, 0.5) is 0 Å². The molecule has 0 rings (SSSR count). The van der Waals surface area contributed by atoms with Crippen LogP contribution in [-0.2, 0) is 4.74 Å². The van der Waals surface area contributed by atoms with E-state index in [4.69, 9.17) is 10.8 Å². The molecule has 0 radical (unpaired) electrons. The van der Waals surface area contributed by atoms with Crippen LogP contribution in [0.15, 0.2) is 144 Å². The van der Waals surface area contributed by atoms with Crippen LogP contribution in [0, 0.1) is 11.8 Å². The van der Waals surface area contributed by atoms with Gasteiger partial charge in [-0.3, -0.25) is 0 Å². The minimum absolute atomic E-state index is 0.0290. The molecular weight excluding hydrogens is 514 g/mol. The summed E-state index contributed by atoms with van der Waals surface area (Å²) >= 11 is 0. The van der Waals surface area contributed by atoms with Gasteiger partial charge in [0.05, 0.1) is 0 Å². The Morgan fingerprint density at radius 3 is 1.62 bits per heavy atom. The average molecular weight is 578 g/mol.